The molecule has 0 bridgehead atoms. The fraction of sp³-hybridized carbons (Fsp3) is 0.259. The van der Waals surface area contributed by atoms with E-state index in [0.717, 1.165) is 5.56 Å². The molecular formula is C27H28N2O9S. The van der Waals surface area contributed by atoms with E-state index in [4.69, 9.17) is 28.3 Å². The van der Waals surface area contributed by atoms with Crippen LogP contribution in [-0.2, 0) is 32.6 Å². The van der Waals surface area contributed by atoms with Crippen LogP contribution in [0.4, 0.5) is 5.82 Å². The van der Waals surface area contributed by atoms with Crippen LogP contribution in [0.5, 0.6) is 17.2 Å². The molecule has 0 unspecified atom stereocenters. The van der Waals surface area contributed by atoms with Crippen LogP contribution in [0.3, 0.4) is 0 Å². The van der Waals surface area contributed by atoms with Gasteiger partial charge in [0.25, 0.3) is 10.0 Å². The van der Waals surface area contributed by atoms with E-state index in [1.165, 1.54) is 40.6 Å². The summed E-state index contributed by atoms with van der Waals surface area (Å²) in [4.78, 5) is 18.1. The van der Waals surface area contributed by atoms with E-state index in [1.54, 1.807) is 42.5 Å². The Morgan fingerprint density at radius 1 is 0.949 bits per heavy atom. The molecule has 0 aliphatic rings. The number of hydrogen-bond acceptors (Lipinski definition) is 10. The first-order chi connectivity index (χ1) is 18.8. The Labute approximate surface area is 225 Å². The third-order valence-corrected chi connectivity index (χ3v) is 7.61. The predicted octanol–water partition coefficient (Wildman–Crippen LogP) is 4.53. The second-order valence-corrected chi connectivity index (χ2v) is 9.92. The molecule has 39 heavy (non-hydrogen) atoms. The number of rotatable bonds is 11. The Kier molecular flexibility index (Phi) is 8.27. The molecule has 4 rings (SSSR count). The summed E-state index contributed by atoms with van der Waals surface area (Å²) in [5.74, 6) is 0.242. The highest BCUT2D eigenvalue weighted by Gasteiger charge is 2.34. The van der Waals surface area contributed by atoms with Gasteiger partial charge in [-0.15, -0.1) is 4.47 Å². The molecule has 0 spiro atoms. The van der Waals surface area contributed by atoms with Crippen molar-refractivity contribution in [3.05, 3.63) is 71.3 Å². The zero-order chi connectivity index (χ0) is 28.2. The van der Waals surface area contributed by atoms with Crippen molar-refractivity contribution >= 4 is 32.8 Å². The Bertz CT molecular complexity index is 1600. The highest BCUT2D eigenvalue weighted by molar-refractivity contribution is 7.92. The number of esters is 1. The molecule has 0 radical (unpaired) electrons. The van der Waals surface area contributed by atoms with E-state index >= 15 is 0 Å². The minimum atomic E-state index is -4.45. The van der Waals surface area contributed by atoms with E-state index < -0.39 is 16.0 Å². The normalized spacial score (nSPS) is 11.3. The quantitative estimate of drug-likeness (QED) is 0.192. The van der Waals surface area contributed by atoms with Gasteiger partial charge in [-0.1, -0.05) is 24.2 Å². The molecule has 12 heteroatoms. The monoisotopic (exact) mass is 556 g/mol. The standard InChI is InChI=1S/C27H28N2O9S/c1-6-17-10-13-22(34-3)24(14-17)39(31,32)29(37-16-18-11-12-19(33-2)15-23(18)35-4)26-20-8-7-9-21(27(30)36-5)25(20)38-28-26/h7-15H,6,16H2,1-5H3. The molecule has 0 saturated carbocycles. The highest BCUT2D eigenvalue weighted by atomic mass is 32.2. The molecular weight excluding hydrogens is 528 g/mol. The highest BCUT2D eigenvalue weighted by Crippen LogP contribution is 2.36. The van der Waals surface area contributed by atoms with Crippen LogP contribution in [0.2, 0.25) is 0 Å². The van der Waals surface area contributed by atoms with Crippen molar-refractivity contribution in [2.45, 2.75) is 24.8 Å². The minimum absolute atomic E-state index is 0.0412. The van der Waals surface area contributed by atoms with Crippen molar-refractivity contribution in [1.82, 2.24) is 5.16 Å². The summed E-state index contributed by atoms with van der Waals surface area (Å²) in [5, 5.41) is 4.21. The van der Waals surface area contributed by atoms with Gasteiger partial charge in [-0.25, -0.2) is 4.79 Å². The molecule has 0 aliphatic carbocycles. The van der Waals surface area contributed by atoms with Crippen molar-refractivity contribution in [2.24, 2.45) is 0 Å². The van der Waals surface area contributed by atoms with Crippen LogP contribution < -0.4 is 18.7 Å². The largest absolute Gasteiger partial charge is 0.497 e. The summed E-state index contributed by atoms with van der Waals surface area (Å²) in [7, 11) is 1.16. The molecule has 11 nitrogen and oxygen atoms in total. The summed E-state index contributed by atoms with van der Waals surface area (Å²) in [6.07, 6.45) is 0.589. The summed E-state index contributed by atoms with van der Waals surface area (Å²) in [6, 6.07) is 14.5. The minimum Gasteiger partial charge on any atom is -0.497 e. The molecule has 0 saturated heterocycles. The van der Waals surface area contributed by atoms with Crippen LogP contribution in [0, 0.1) is 0 Å². The summed E-state index contributed by atoms with van der Waals surface area (Å²) >= 11 is 0. The number of aryl methyl sites for hydroxylation is 1. The molecule has 0 atom stereocenters. The number of carbonyl (C=O) groups is 1. The Hall–Kier alpha value is -4.29. The number of methoxy groups -OCH3 is 4. The van der Waals surface area contributed by atoms with E-state index in [0.29, 0.717) is 28.0 Å². The van der Waals surface area contributed by atoms with Gasteiger partial charge in [0, 0.05) is 11.6 Å². The summed E-state index contributed by atoms with van der Waals surface area (Å²) in [5.41, 5.74) is 1.42. The van der Waals surface area contributed by atoms with Gasteiger partial charge < -0.3 is 23.5 Å². The summed E-state index contributed by atoms with van der Waals surface area (Å²) in [6.45, 7) is 1.68. The first-order valence-corrected chi connectivity index (χ1v) is 13.3. The molecule has 0 N–H and O–H groups in total. The van der Waals surface area contributed by atoms with E-state index in [1.807, 2.05) is 6.92 Å². The first-order valence-electron chi connectivity index (χ1n) is 11.8. The van der Waals surface area contributed by atoms with E-state index in [9.17, 15) is 13.2 Å². The van der Waals surface area contributed by atoms with Crippen molar-refractivity contribution in [3.8, 4) is 17.2 Å². The van der Waals surface area contributed by atoms with Crippen LogP contribution in [0.1, 0.15) is 28.4 Å². The maximum absolute atomic E-state index is 14.2. The van der Waals surface area contributed by atoms with Crippen molar-refractivity contribution < 1.29 is 41.5 Å². The lowest BCUT2D eigenvalue weighted by atomic mass is 10.1. The van der Waals surface area contributed by atoms with Gasteiger partial charge >= 0.3 is 5.97 Å². The third-order valence-electron chi connectivity index (χ3n) is 6.02. The summed E-state index contributed by atoms with van der Waals surface area (Å²) < 4.78 is 55.3. The van der Waals surface area contributed by atoms with Crippen LogP contribution >= 0.6 is 0 Å². The van der Waals surface area contributed by atoms with E-state index in [2.05, 4.69) is 5.16 Å². The first kappa shape index (κ1) is 27.7. The molecule has 0 aliphatic heterocycles. The lowest BCUT2D eigenvalue weighted by molar-refractivity contribution is 0.0601. The third kappa shape index (κ3) is 5.33. The van der Waals surface area contributed by atoms with Gasteiger partial charge in [-0.05, 0) is 48.4 Å². The average Bonchev–Trinajstić information content (AvgIpc) is 3.40. The lowest BCUT2D eigenvalue weighted by Crippen LogP contribution is -2.32. The number of carbonyl (C=O) groups excluding carboxylic acids is 1. The second-order valence-electron chi connectivity index (χ2n) is 8.20. The number of benzene rings is 3. The maximum atomic E-state index is 14.2. The molecule has 0 fully saturated rings. The number of para-hydroxylation sites is 1. The van der Waals surface area contributed by atoms with Gasteiger partial charge in [0.15, 0.2) is 5.58 Å². The SMILES string of the molecule is CCc1ccc(OC)c(S(=O)(=O)N(OCc2ccc(OC)cc2OC)c2noc3c(C(=O)OC)cccc23)c1. The maximum Gasteiger partial charge on any atom is 0.341 e. The van der Waals surface area contributed by atoms with Gasteiger partial charge in [-0.2, -0.15) is 8.42 Å². The van der Waals surface area contributed by atoms with Crippen molar-refractivity contribution in [1.29, 1.82) is 0 Å². The average molecular weight is 557 g/mol. The number of aromatic nitrogens is 1. The molecule has 1 heterocycles. The molecule has 3 aromatic carbocycles. The second kappa shape index (κ2) is 11.6. The number of ether oxygens (including phenoxy) is 4. The molecule has 1 aromatic heterocycles. The van der Waals surface area contributed by atoms with Crippen LogP contribution in [-0.4, -0.2) is 48.0 Å². The lowest BCUT2D eigenvalue weighted by Gasteiger charge is -2.23. The van der Waals surface area contributed by atoms with Gasteiger partial charge in [0.05, 0.1) is 33.8 Å². The number of hydrogen-bond donors (Lipinski definition) is 0. The Balaban J connectivity index is 1.88. The number of anilines is 1. The topological polar surface area (TPSA) is 127 Å². The van der Waals surface area contributed by atoms with Gasteiger partial charge in [0.1, 0.15) is 34.3 Å². The van der Waals surface area contributed by atoms with Gasteiger partial charge in [-0.3, -0.25) is 4.84 Å². The van der Waals surface area contributed by atoms with E-state index in [-0.39, 0.29) is 39.6 Å². The fourth-order valence-corrected chi connectivity index (χ4v) is 5.36. The molecule has 206 valence electrons. The molecule has 0 amide bonds. The van der Waals surface area contributed by atoms with Gasteiger partial charge in [0.2, 0.25) is 5.82 Å². The Morgan fingerprint density at radius 2 is 1.72 bits per heavy atom. The van der Waals surface area contributed by atoms with Crippen LogP contribution in [0.15, 0.2) is 64.0 Å². The number of fused-ring (bicyclic) bond motifs is 1. The number of sulfonamides is 1. The van der Waals surface area contributed by atoms with Crippen molar-refractivity contribution in [3.63, 3.8) is 0 Å². The zero-order valence-corrected chi connectivity index (χ0v) is 22.9. The molecule has 4 aromatic rings. The predicted molar refractivity (Wildman–Crippen MR) is 142 cm³/mol. The van der Waals surface area contributed by atoms with Crippen molar-refractivity contribution in [2.75, 3.05) is 32.9 Å². The smallest absolute Gasteiger partial charge is 0.341 e. The number of nitrogens with zero attached hydrogens (tertiary/aromatic N) is 2. The Morgan fingerprint density at radius 3 is 2.38 bits per heavy atom. The van der Waals surface area contributed by atoms with Crippen LogP contribution in [0.25, 0.3) is 11.0 Å². The fourth-order valence-electron chi connectivity index (χ4n) is 3.93. The zero-order valence-electron chi connectivity index (χ0n) is 22.1.